The number of hydrogen-bond donors (Lipinski definition) is 1. The average molecular weight is 251 g/mol. The molecule has 0 bridgehead atoms. The number of nitro groups is 1. The molecule has 1 saturated heterocycles. The molecule has 0 radical (unpaired) electrons. The number of aromatic nitrogens is 2. The largest absolute Gasteiger partial charge is 0.378 e. The van der Waals surface area contributed by atoms with Crippen LogP contribution in [0.3, 0.4) is 0 Å². The molecule has 2 heterocycles. The maximum atomic E-state index is 10.6. The van der Waals surface area contributed by atoms with Gasteiger partial charge in [-0.3, -0.25) is 10.1 Å². The van der Waals surface area contributed by atoms with Crippen molar-refractivity contribution in [1.82, 2.24) is 9.97 Å². The summed E-state index contributed by atoms with van der Waals surface area (Å²) in [6.07, 6.45) is 4.55. The molecule has 2 rings (SSSR count). The van der Waals surface area contributed by atoms with E-state index in [0.29, 0.717) is 11.9 Å². The molecule has 1 atom stereocenters. The van der Waals surface area contributed by atoms with Gasteiger partial charge >= 0.3 is 5.69 Å². The van der Waals surface area contributed by atoms with E-state index < -0.39 is 4.92 Å². The Hall–Kier alpha value is -1.92. The lowest BCUT2D eigenvalue weighted by molar-refractivity contribution is -0.384. The van der Waals surface area contributed by atoms with Crippen molar-refractivity contribution in [3.8, 4) is 0 Å². The van der Waals surface area contributed by atoms with Gasteiger partial charge in [-0.25, -0.2) is 4.98 Å². The number of nitrogens with zero attached hydrogens (tertiary/aromatic N) is 4. The summed E-state index contributed by atoms with van der Waals surface area (Å²) in [5.74, 6) is 1.12. The molecule has 2 N–H and O–H groups in total. The molecule has 1 fully saturated rings. The predicted octanol–water partition coefficient (Wildman–Crippen LogP) is 1.59. The fourth-order valence-corrected chi connectivity index (χ4v) is 2.13. The van der Waals surface area contributed by atoms with E-state index in [0.717, 1.165) is 25.9 Å². The van der Waals surface area contributed by atoms with Crippen LogP contribution >= 0.6 is 0 Å². The van der Waals surface area contributed by atoms with Gasteiger partial charge in [0.15, 0.2) is 0 Å². The highest BCUT2D eigenvalue weighted by atomic mass is 16.6. The molecule has 1 aromatic rings. The highest BCUT2D eigenvalue weighted by molar-refractivity contribution is 5.53. The summed E-state index contributed by atoms with van der Waals surface area (Å²) in [5, 5.41) is 10.6. The topological polar surface area (TPSA) is 98.2 Å². The Morgan fingerprint density at radius 3 is 2.94 bits per heavy atom. The van der Waals surface area contributed by atoms with Crippen LogP contribution in [-0.4, -0.2) is 28.0 Å². The number of hydrogen-bond acceptors (Lipinski definition) is 6. The van der Waals surface area contributed by atoms with Crippen molar-refractivity contribution in [3.63, 3.8) is 0 Å². The number of nitrogen functional groups attached to an aromatic ring is 1. The first kappa shape index (κ1) is 12.5. The van der Waals surface area contributed by atoms with Gasteiger partial charge in [0.05, 0.1) is 4.92 Å². The molecular weight excluding hydrogens is 234 g/mol. The Kier molecular flexibility index (Phi) is 3.59. The summed E-state index contributed by atoms with van der Waals surface area (Å²) < 4.78 is 0. The smallest absolute Gasteiger partial charge is 0.329 e. The third-order valence-electron chi connectivity index (χ3n) is 3.28. The molecule has 0 aliphatic carbocycles. The van der Waals surface area contributed by atoms with Crippen molar-refractivity contribution in [1.29, 1.82) is 0 Å². The molecule has 0 aromatic carbocycles. The minimum absolute atomic E-state index is 0.0673. The second-order valence-corrected chi connectivity index (χ2v) is 4.72. The monoisotopic (exact) mass is 251 g/mol. The fraction of sp³-hybridized carbons (Fsp3) is 0.636. The van der Waals surface area contributed by atoms with Gasteiger partial charge in [0.2, 0.25) is 11.8 Å². The van der Waals surface area contributed by atoms with Crippen molar-refractivity contribution in [2.75, 3.05) is 23.7 Å². The zero-order chi connectivity index (χ0) is 13.1. The summed E-state index contributed by atoms with van der Waals surface area (Å²) in [4.78, 5) is 20.2. The van der Waals surface area contributed by atoms with E-state index in [2.05, 4.69) is 16.9 Å². The molecule has 7 heteroatoms. The van der Waals surface area contributed by atoms with Crippen LogP contribution < -0.4 is 10.6 Å². The Bertz CT molecular complexity index is 451. The normalized spacial score (nSPS) is 20.5. The lowest BCUT2D eigenvalue weighted by Crippen LogP contribution is -2.26. The van der Waals surface area contributed by atoms with Crippen molar-refractivity contribution in [2.45, 2.75) is 26.2 Å². The van der Waals surface area contributed by atoms with E-state index in [-0.39, 0.29) is 11.5 Å². The highest BCUT2D eigenvalue weighted by Crippen LogP contribution is 2.23. The first-order valence-corrected chi connectivity index (χ1v) is 6.10. The summed E-state index contributed by atoms with van der Waals surface area (Å²) in [7, 11) is 0. The van der Waals surface area contributed by atoms with Gasteiger partial charge in [-0.15, -0.1) is 0 Å². The molecular formula is C11H17N5O2. The van der Waals surface area contributed by atoms with Gasteiger partial charge in [-0.1, -0.05) is 6.92 Å². The van der Waals surface area contributed by atoms with Crippen LogP contribution in [0.15, 0.2) is 6.20 Å². The molecule has 1 aromatic heterocycles. The van der Waals surface area contributed by atoms with Gasteiger partial charge < -0.3 is 10.6 Å². The SMILES string of the molecule is C[C@H]1CCCN(c2ncc([N+](=O)[O-])c(N)n2)CC1. The molecule has 98 valence electrons. The van der Waals surface area contributed by atoms with E-state index in [9.17, 15) is 10.1 Å². The van der Waals surface area contributed by atoms with Gasteiger partial charge in [0.25, 0.3) is 0 Å². The van der Waals surface area contributed by atoms with Crippen molar-refractivity contribution < 1.29 is 4.92 Å². The lowest BCUT2D eigenvalue weighted by Gasteiger charge is -2.20. The quantitative estimate of drug-likeness (QED) is 0.633. The second kappa shape index (κ2) is 5.16. The Morgan fingerprint density at radius 1 is 1.50 bits per heavy atom. The zero-order valence-corrected chi connectivity index (χ0v) is 10.4. The third-order valence-corrected chi connectivity index (χ3v) is 3.28. The maximum absolute atomic E-state index is 10.6. The van der Waals surface area contributed by atoms with Gasteiger partial charge in [-0.05, 0) is 25.2 Å². The van der Waals surface area contributed by atoms with Crippen LogP contribution in [0, 0.1) is 16.0 Å². The Morgan fingerprint density at radius 2 is 2.28 bits per heavy atom. The van der Waals surface area contributed by atoms with Crippen LogP contribution in [0.5, 0.6) is 0 Å². The summed E-state index contributed by atoms with van der Waals surface area (Å²) in [5.41, 5.74) is 5.34. The molecule has 7 nitrogen and oxygen atoms in total. The summed E-state index contributed by atoms with van der Waals surface area (Å²) in [6.45, 7) is 3.98. The van der Waals surface area contributed by atoms with Crippen LogP contribution in [-0.2, 0) is 0 Å². The second-order valence-electron chi connectivity index (χ2n) is 4.72. The molecule has 1 aliphatic rings. The van der Waals surface area contributed by atoms with E-state index in [4.69, 9.17) is 5.73 Å². The minimum Gasteiger partial charge on any atom is -0.378 e. The van der Waals surface area contributed by atoms with Crippen molar-refractivity contribution >= 4 is 17.5 Å². The first-order valence-electron chi connectivity index (χ1n) is 6.10. The van der Waals surface area contributed by atoms with E-state index >= 15 is 0 Å². The minimum atomic E-state index is -0.566. The third kappa shape index (κ3) is 2.66. The van der Waals surface area contributed by atoms with Crippen molar-refractivity contribution in [3.05, 3.63) is 16.3 Å². The van der Waals surface area contributed by atoms with Crippen LogP contribution in [0.4, 0.5) is 17.5 Å². The van der Waals surface area contributed by atoms with Gasteiger partial charge in [-0.2, -0.15) is 4.98 Å². The Balaban J connectivity index is 2.18. The first-order chi connectivity index (χ1) is 8.58. The van der Waals surface area contributed by atoms with Crippen LogP contribution in [0.1, 0.15) is 26.2 Å². The van der Waals surface area contributed by atoms with Gasteiger partial charge in [0.1, 0.15) is 6.20 Å². The number of nitrogens with two attached hydrogens (primary N) is 1. The van der Waals surface area contributed by atoms with E-state index in [1.165, 1.54) is 12.6 Å². The molecule has 0 spiro atoms. The van der Waals surface area contributed by atoms with Crippen LogP contribution in [0.25, 0.3) is 0 Å². The molecule has 1 aliphatic heterocycles. The average Bonchev–Trinajstić information content (AvgIpc) is 2.53. The van der Waals surface area contributed by atoms with E-state index in [1.807, 2.05) is 4.90 Å². The van der Waals surface area contributed by atoms with E-state index in [1.54, 1.807) is 0 Å². The fourth-order valence-electron chi connectivity index (χ4n) is 2.13. The lowest BCUT2D eigenvalue weighted by atomic mass is 10.0. The van der Waals surface area contributed by atoms with Crippen LogP contribution in [0.2, 0.25) is 0 Å². The molecule has 0 unspecified atom stereocenters. The maximum Gasteiger partial charge on any atom is 0.329 e. The summed E-state index contributed by atoms with van der Waals surface area (Å²) >= 11 is 0. The predicted molar refractivity (Wildman–Crippen MR) is 68.3 cm³/mol. The number of rotatable bonds is 2. The summed E-state index contributed by atoms with van der Waals surface area (Å²) in [6, 6.07) is 0. The molecule has 18 heavy (non-hydrogen) atoms. The highest BCUT2D eigenvalue weighted by Gasteiger charge is 2.19. The molecule has 0 amide bonds. The Labute approximate surface area is 105 Å². The van der Waals surface area contributed by atoms with Crippen molar-refractivity contribution in [2.24, 2.45) is 5.92 Å². The van der Waals surface area contributed by atoms with Gasteiger partial charge in [0, 0.05) is 13.1 Å². The zero-order valence-electron chi connectivity index (χ0n) is 10.4. The standard InChI is InChI=1S/C11H17N5O2/c1-8-3-2-5-15(6-4-8)11-13-7-9(16(17)18)10(12)14-11/h7-8H,2-6H2,1H3,(H2,12,13,14)/t8-/m0/s1. The number of anilines is 2. The molecule has 0 saturated carbocycles.